The fourth-order valence-electron chi connectivity index (χ4n) is 3.11. The summed E-state index contributed by atoms with van der Waals surface area (Å²) in [5.74, 6) is 1.000. The summed E-state index contributed by atoms with van der Waals surface area (Å²) in [5.41, 5.74) is 3.96. The maximum atomic E-state index is 13.1. The molecule has 6 nitrogen and oxygen atoms in total. The van der Waals surface area contributed by atoms with E-state index < -0.39 is 6.04 Å². The minimum absolute atomic E-state index is 0.205. The van der Waals surface area contributed by atoms with E-state index in [4.69, 9.17) is 21.7 Å². The van der Waals surface area contributed by atoms with E-state index >= 15 is 0 Å². The van der Waals surface area contributed by atoms with E-state index in [2.05, 4.69) is 16.0 Å². The van der Waals surface area contributed by atoms with Gasteiger partial charge in [0.05, 0.1) is 25.8 Å². The Hall–Kier alpha value is -3.06. The number of methoxy groups -OCH3 is 2. The summed E-state index contributed by atoms with van der Waals surface area (Å²) < 4.78 is 10.7. The van der Waals surface area contributed by atoms with Crippen molar-refractivity contribution in [1.82, 2.24) is 10.6 Å². The number of hydrogen-bond acceptors (Lipinski definition) is 4. The van der Waals surface area contributed by atoms with Crippen molar-refractivity contribution in [3.63, 3.8) is 0 Å². The standard InChI is InChI=1S/C21H23N3O3S/c1-12-5-8-15(9-6-12)23-20(25)18-13(2)22-21(28)24-19(18)14-7-10-16(26-3)17(11-14)27-4/h5-11,19H,1-4H3,(H,23,25)(H2,22,24,28)/t19-/m1/s1. The largest absolute Gasteiger partial charge is 0.493 e. The average molecular weight is 398 g/mol. The summed E-state index contributed by atoms with van der Waals surface area (Å²) in [5, 5.41) is 9.64. The molecule has 0 bridgehead atoms. The lowest BCUT2D eigenvalue weighted by molar-refractivity contribution is -0.113. The van der Waals surface area contributed by atoms with Crippen LogP contribution in [-0.2, 0) is 4.79 Å². The monoisotopic (exact) mass is 397 g/mol. The molecule has 0 saturated carbocycles. The number of carbonyl (C=O) groups is 1. The van der Waals surface area contributed by atoms with Crippen LogP contribution in [0.4, 0.5) is 5.69 Å². The quantitative estimate of drug-likeness (QED) is 0.672. The molecular formula is C21H23N3O3S. The van der Waals surface area contributed by atoms with E-state index in [0.29, 0.717) is 27.9 Å². The first-order valence-electron chi connectivity index (χ1n) is 8.81. The van der Waals surface area contributed by atoms with Crippen molar-refractivity contribution in [2.45, 2.75) is 19.9 Å². The van der Waals surface area contributed by atoms with Gasteiger partial charge in [-0.05, 0) is 55.9 Å². The summed E-state index contributed by atoms with van der Waals surface area (Å²) >= 11 is 5.31. The van der Waals surface area contributed by atoms with Crippen LogP contribution < -0.4 is 25.4 Å². The van der Waals surface area contributed by atoms with Crippen LogP contribution in [0.3, 0.4) is 0 Å². The first kappa shape index (κ1) is 19.7. The van der Waals surface area contributed by atoms with Gasteiger partial charge in [-0.2, -0.15) is 0 Å². The Morgan fingerprint density at radius 3 is 2.36 bits per heavy atom. The average Bonchev–Trinajstić information content (AvgIpc) is 2.68. The number of carbonyl (C=O) groups excluding carboxylic acids is 1. The van der Waals surface area contributed by atoms with Gasteiger partial charge in [-0.15, -0.1) is 0 Å². The van der Waals surface area contributed by atoms with Crippen LogP contribution >= 0.6 is 12.2 Å². The van der Waals surface area contributed by atoms with E-state index in [-0.39, 0.29) is 5.91 Å². The second kappa shape index (κ2) is 8.31. The lowest BCUT2D eigenvalue weighted by Gasteiger charge is -2.30. The Labute approximate surface area is 169 Å². The number of rotatable bonds is 5. The summed E-state index contributed by atoms with van der Waals surface area (Å²) in [7, 11) is 3.16. The zero-order valence-corrected chi connectivity index (χ0v) is 17.1. The van der Waals surface area contributed by atoms with Crippen molar-refractivity contribution in [3.05, 3.63) is 64.9 Å². The van der Waals surface area contributed by atoms with Gasteiger partial charge in [-0.3, -0.25) is 4.79 Å². The van der Waals surface area contributed by atoms with Crippen molar-refractivity contribution >= 4 is 28.9 Å². The fourth-order valence-corrected chi connectivity index (χ4v) is 3.38. The van der Waals surface area contributed by atoms with Gasteiger partial charge in [0.1, 0.15) is 0 Å². The van der Waals surface area contributed by atoms with Gasteiger partial charge in [0.15, 0.2) is 16.6 Å². The molecular weight excluding hydrogens is 374 g/mol. The Morgan fingerprint density at radius 1 is 1.04 bits per heavy atom. The van der Waals surface area contributed by atoms with Crippen LogP contribution in [0.2, 0.25) is 0 Å². The van der Waals surface area contributed by atoms with E-state index in [1.165, 1.54) is 0 Å². The lowest BCUT2D eigenvalue weighted by atomic mass is 9.94. The zero-order valence-electron chi connectivity index (χ0n) is 16.3. The number of amides is 1. The molecule has 0 aromatic heterocycles. The highest BCUT2D eigenvalue weighted by Crippen LogP contribution is 2.34. The number of allylic oxidation sites excluding steroid dienone is 1. The van der Waals surface area contributed by atoms with Crippen LogP contribution in [0.5, 0.6) is 11.5 Å². The third kappa shape index (κ3) is 4.09. The van der Waals surface area contributed by atoms with Crippen LogP contribution in [0.15, 0.2) is 53.7 Å². The van der Waals surface area contributed by atoms with Crippen LogP contribution in [-0.4, -0.2) is 25.2 Å². The highest BCUT2D eigenvalue weighted by atomic mass is 32.1. The molecule has 1 heterocycles. The van der Waals surface area contributed by atoms with Gasteiger partial charge >= 0.3 is 0 Å². The maximum Gasteiger partial charge on any atom is 0.255 e. The summed E-state index contributed by atoms with van der Waals surface area (Å²) in [6.07, 6.45) is 0. The molecule has 0 spiro atoms. The van der Waals surface area contributed by atoms with Crippen LogP contribution in [0, 0.1) is 6.92 Å². The molecule has 146 valence electrons. The van der Waals surface area contributed by atoms with E-state index in [0.717, 1.165) is 16.8 Å². The van der Waals surface area contributed by atoms with Gasteiger partial charge in [0.2, 0.25) is 0 Å². The van der Waals surface area contributed by atoms with Gasteiger partial charge in [0, 0.05) is 11.4 Å². The van der Waals surface area contributed by atoms with E-state index in [1.54, 1.807) is 14.2 Å². The molecule has 1 aliphatic heterocycles. The van der Waals surface area contributed by atoms with E-state index in [1.807, 2.05) is 56.3 Å². The maximum absolute atomic E-state index is 13.1. The van der Waals surface area contributed by atoms with Gasteiger partial charge in [-0.1, -0.05) is 23.8 Å². The minimum atomic E-state index is -0.418. The van der Waals surface area contributed by atoms with Gasteiger partial charge in [0.25, 0.3) is 5.91 Å². The Balaban J connectivity index is 1.96. The fraction of sp³-hybridized carbons (Fsp3) is 0.238. The lowest BCUT2D eigenvalue weighted by Crippen LogP contribution is -2.45. The molecule has 2 aromatic rings. The summed E-state index contributed by atoms with van der Waals surface area (Å²) in [4.78, 5) is 13.1. The molecule has 0 radical (unpaired) electrons. The number of nitrogens with one attached hydrogen (secondary N) is 3. The molecule has 3 rings (SSSR count). The SMILES string of the molecule is COc1ccc([C@H]2NC(=S)NC(C)=C2C(=O)Nc2ccc(C)cc2)cc1OC. The number of hydrogen-bond donors (Lipinski definition) is 3. The molecule has 0 saturated heterocycles. The van der Waals surface area contributed by atoms with E-state index in [9.17, 15) is 4.79 Å². The van der Waals surface area contributed by atoms with Crippen molar-refractivity contribution < 1.29 is 14.3 Å². The van der Waals surface area contributed by atoms with Gasteiger partial charge < -0.3 is 25.4 Å². The molecule has 1 aliphatic rings. The molecule has 0 fully saturated rings. The predicted molar refractivity (Wildman–Crippen MR) is 114 cm³/mol. The molecule has 28 heavy (non-hydrogen) atoms. The number of aryl methyl sites for hydroxylation is 1. The summed E-state index contributed by atoms with van der Waals surface area (Å²) in [6, 6.07) is 12.8. The van der Waals surface area contributed by atoms with Crippen molar-refractivity contribution in [1.29, 1.82) is 0 Å². The molecule has 7 heteroatoms. The predicted octanol–water partition coefficient (Wildman–Crippen LogP) is 3.44. The molecule has 0 aliphatic carbocycles. The number of anilines is 1. The minimum Gasteiger partial charge on any atom is -0.493 e. The molecule has 1 amide bonds. The molecule has 3 N–H and O–H groups in total. The Morgan fingerprint density at radius 2 is 1.71 bits per heavy atom. The van der Waals surface area contributed by atoms with Crippen molar-refractivity contribution in [2.24, 2.45) is 0 Å². The number of benzene rings is 2. The molecule has 0 unspecified atom stereocenters. The number of ether oxygens (including phenoxy) is 2. The Bertz CT molecular complexity index is 938. The Kier molecular flexibility index (Phi) is 5.84. The molecule has 2 aromatic carbocycles. The first-order chi connectivity index (χ1) is 13.4. The highest BCUT2D eigenvalue weighted by Gasteiger charge is 2.30. The van der Waals surface area contributed by atoms with Crippen molar-refractivity contribution in [2.75, 3.05) is 19.5 Å². The zero-order chi connectivity index (χ0) is 20.3. The highest BCUT2D eigenvalue weighted by molar-refractivity contribution is 7.80. The third-order valence-electron chi connectivity index (χ3n) is 4.56. The number of thiocarbonyl (C=S) groups is 1. The second-order valence-electron chi connectivity index (χ2n) is 6.50. The van der Waals surface area contributed by atoms with Crippen molar-refractivity contribution in [3.8, 4) is 11.5 Å². The van der Waals surface area contributed by atoms with Gasteiger partial charge in [-0.25, -0.2) is 0 Å². The normalized spacial score (nSPS) is 16.1. The smallest absolute Gasteiger partial charge is 0.255 e. The first-order valence-corrected chi connectivity index (χ1v) is 9.22. The molecule has 1 atom stereocenters. The summed E-state index contributed by atoms with van der Waals surface area (Å²) in [6.45, 7) is 3.84. The van der Waals surface area contributed by atoms with Crippen LogP contribution in [0.25, 0.3) is 0 Å². The third-order valence-corrected chi connectivity index (χ3v) is 4.78. The second-order valence-corrected chi connectivity index (χ2v) is 6.91. The van der Waals surface area contributed by atoms with Crippen LogP contribution in [0.1, 0.15) is 24.1 Å². The topological polar surface area (TPSA) is 71.6 Å².